The van der Waals surface area contributed by atoms with E-state index < -0.39 is 0 Å². The molecule has 4 heteroatoms. The molecule has 0 aliphatic carbocycles. The van der Waals surface area contributed by atoms with Crippen LogP contribution in [0.15, 0.2) is 40.2 Å². The summed E-state index contributed by atoms with van der Waals surface area (Å²) in [6, 6.07) is 9.79. The van der Waals surface area contributed by atoms with Gasteiger partial charge in [0.1, 0.15) is 5.75 Å². The zero-order valence-corrected chi connectivity index (χ0v) is 11.9. The molecule has 0 amide bonds. The van der Waals surface area contributed by atoms with Gasteiger partial charge in [-0.25, -0.2) is 0 Å². The lowest BCUT2D eigenvalue weighted by atomic mass is 10.1. The fourth-order valence-corrected chi connectivity index (χ4v) is 3.33. The fourth-order valence-electron chi connectivity index (χ4n) is 1.69. The van der Waals surface area contributed by atoms with Gasteiger partial charge in [-0.1, -0.05) is 18.2 Å². The average molecular weight is 312 g/mol. The van der Waals surface area contributed by atoms with Crippen molar-refractivity contribution in [3.8, 4) is 5.75 Å². The molecule has 2 rings (SSSR count). The molecule has 0 aliphatic rings. The van der Waals surface area contributed by atoms with Crippen LogP contribution in [0.4, 0.5) is 0 Å². The molecule has 0 radical (unpaired) electrons. The molecule has 0 fully saturated rings. The van der Waals surface area contributed by atoms with Crippen molar-refractivity contribution in [3.05, 3.63) is 50.6 Å². The quantitative estimate of drug-likeness (QED) is 0.927. The van der Waals surface area contributed by atoms with E-state index in [1.165, 1.54) is 0 Å². The molecule has 1 aromatic heterocycles. The largest absolute Gasteiger partial charge is 0.494 e. The van der Waals surface area contributed by atoms with E-state index >= 15 is 0 Å². The molecule has 0 saturated carbocycles. The highest BCUT2D eigenvalue weighted by Crippen LogP contribution is 2.35. The summed E-state index contributed by atoms with van der Waals surface area (Å²) in [6.07, 6.45) is 0. The molecule has 1 aromatic carbocycles. The van der Waals surface area contributed by atoms with Crippen LogP contribution in [0, 0.1) is 0 Å². The van der Waals surface area contributed by atoms with Crippen LogP contribution >= 0.6 is 27.3 Å². The van der Waals surface area contributed by atoms with E-state index in [0.717, 1.165) is 20.7 Å². The number of para-hydroxylation sites is 1. The molecule has 1 unspecified atom stereocenters. The molecular weight excluding hydrogens is 298 g/mol. The molecule has 2 aromatic rings. The minimum Gasteiger partial charge on any atom is -0.494 e. The van der Waals surface area contributed by atoms with Crippen LogP contribution in [0.1, 0.15) is 23.4 Å². The average Bonchev–Trinajstić information content (AvgIpc) is 2.76. The molecular formula is C13H14BrNOS. The number of benzene rings is 1. The van der Waals surface area contributed by atoms with Crippen LogP contribution < -0.4 is 10.5 Å². The number of ether oxygens (including phenoxy) is 1. The van der Waals surface area contributed by atoms with Crippen molar-refractivity contribution in [2.24, 2.45) is 5.73 Å². The van der Waals surface area contributed by atoms with E-state index in [1.807, 2.05) is 42.6 Å². The summed E-state index contributed by atoms with van der Waals surface area (Å²) in [4.78, 5) is 1.12. The van der Waals surface area contributed by atoms with Gasteiger partial charge in [0, 0.05) is 14.9 Å². The first-order valence-electron chi connectivity index (χ1n) is 5.44. The number of hydrogen-bond donors (Lipinski definition) is 1. The van der Waals surface area contributed by atoms with Crippen molar-refractivity contribution in [3.63, 3.8) is 0 Å². The van der Waals surface area contributed by atoms with Crippen molar-refractivity contribution < 1.29 is 4.74 Å². The Morgan fingerprint density at radius 2 is 2.12 bits per heavy atom. The number of hydrogen-bond acceptors (Lipinski definition) is 3. The first-order chi connectivity index (χ1) is 8.24. The van der Waals surface area contributed by atoms with Gasteiger partial charge in [-0.3, -0.25) is 0 Å². The predicted molar refractivity (Wildman–Crippen MR) is 75.7 cm³/mol. The molecule has 90 valence electrons. The summed E-state index contributed by atoms with van der Waals surface area (Å²) in [5.74, 6) is 0.864. The Labute approximate surface area is 114 Å². The predicted octanol–water partition coefficient (Wildman–Crippen LogP) is 3.96. The Morgan fingerprint density at radius 1 is 1.35 bits per heavy atom. The fraction of sp³-hybridized carbons (Fsp3) is 0.231. The van der Waals surface area contributed by atoms with Crippen LogP contribution in [0.2, 0.25) is 0 Å². The molecule has 2 N–H and O–H groups in total. The Kier molecular flexibility index (Phi) is 4.20. The zero-order valence-electron chi connectivity index (χ0n) is 9.52. The Bertz CT molecular complexity index is 498. The first-order valence-corrected chi connectivity index (χ1v) is 7.11. The second-order valence-corrected chi connectivity index (χ2v) is 5.38. The van der Waals surface area contributed by atoms with Gasteiger partial charge < -0.3 is 10.5 Å². The molecule has 0 aliphatic heterocycles. The highest BCUT2D eigenvalue weighted by molar-refractivity contribution is 9.10. The van der Waals surface area contributed by atoms with Gasteiger partial charge in [-0.15, -0.1) is 11.3 Å². The number of halogens is 1. The minimum absolute atomic E-state index is 0.146. The monoisotopic (exact) mass is 311 g/mol. The van der Waals surface area contributed by atoms with Crippen molar-refractivity contribution in [1.29, 1.82) is 0 Å². The minimum atomic E-state index is -0.146. The van der Waals surface area contributed by atoms with E-state index in [2.05, 4.69) is 15.9 Å². The Hall–Kier alpha value is -0.840. The van der Waals surface area contributed by atoms with Crippen LogP contribution in [0.5, 0.6) is 5.75 Å². The summed E-state index contributed by atoms with van der Waals surface area (Å²) in [5.41, 5.74) is 7.32. The maximum atomic E-state index is 6.29. The lowest BCUT2D eigenvalue weighted by Gasteiger charge is -2.15. The van der Waals surface area contributed by atoms with E-state index in [1.54, 1.807) is 11.3 Å². The topological polar surface area (TPSA) is 35.2 Å². The highest BCUT2D eigenvalue weighted by atomic mass is 79.9. The molecule has 17 heavy (non-hydrogen) atoms. The molecule has 0 spiro atoms. The van der Waals surface area contributed by atoms with Gasteiger partial charge in [0.25, 0.3) is 0 Å². The summed E-state index contributed by atoms with van der Waals surface area (Å²) >= 11 is 5.17. The summed E-state index contributed by atoms with van der Waals surface area (Å²) in [5, 5.41) is 2.03. The number of nitrogens with two attached hydrogens (primary N) is 1. The normalized spacial score (nSPS) is 12.4. The lowest BCUT2D eigenvalue weighted by Crippen LogP contribution is -2.12. The van der Waals surface area contributed by atoms with Gasteiger partial charge in [0.15, 0.2) is 0 Å². The van der Waals surface area contributed by atoms with Gasteiger partial charge >= 0.3 is 0 Å². The van der Waals surface area contributed by atoms with E-state index in [9.17, 15) is 0 Å². The van der Waals surface area contributed by atoms with Gasteiger partial charge in [-0.05, 0) is 40.4 Å². The zero-order chi connectivity index (χ0) is 12.3. The van der Waals surface area contributed by atoms with Gasteiger partial charge in [0.05, 0.1) is 12.6 Å². The maximum Gasteiger partial charge on any atom is 0.124 e. The standard InChI is InChI=1S/C13H14BrNOS/c1-2-16-11-6-4-3-5-9(11)12(15)13-10(14)7-8-17-13/h3-8,12H,2,15H2,1H3. The Balaban J connectivity index is 2.37. The van der Waals surface area contributed by atoms with Crippen LogP contribution in [0.25, 0.3) is 0 Å². The third kappa shape index (κ3) is 2.70. The lowest BCUT2D eigenvalue weighted by molar-refractivity contribution is 0.335. The van der Waals surface area contributed by atoms with Crippen molar-refractivity contribution in [1.82, 2.24) is 0 Å². The van der Waals surface area contributed by atoms with Crippen LogP contribution in [-0.2, 0) is 0 Å². The third-order valence-corrected chi connectivity index (χ3v) is 4.44. The second kappa shape index (κ2) is 5.67. The highest BCUT2D eigenvalue weighted by Gasteiger charge is 2.17. The molecule has 0 bridgehead atoms. The number of thiophene rings is 1. The molecule has 1 heterocycles. The Morgan fingerprint density at radius 3 is 2.76 bits per heavy atom. The van der Waals surface area contributed by atoms with E-state index in [4.69, 9.17) is 10.5 Å². The van der Waals surface area contributed by atoms with Crippen molar-refractivity contribution in [2.75, 3.05) is 6.61 Å². The third-order valence-electron chi connectivity index (χ3n) is 2.48. The maximum absolute atomic E-state index is 6.29. The second-order valence-electron chi connectivity index (χ2n) is 3.58. The van der Waals surface area contributed by atoms with Crippen LogP contribution in [-0.4, -0.2) is 6.61 Å². The smallest absolute Gasteiger partial charge is 0.124 e. The van der Waals surface area contributed by atoms with Crippen molar-refractivity contribution >= 4 is 27.3 Å². The van der Waals surface area contributed by atoms with E-state index in [0.29, 0.717) is 6.61 Å². The van der Waals surface area contributed by atoms with Gasteiger partial charge in [0.2, 0.25) is 0 Å². The summed E-state index contributed by atoms with van der Waals surface area (Å²) in [7, 11) is 0. The van der Waals surface area contributed by atoms with E-state index in [-0.39, 0.29) is 6.04 Å². The number of rotatable bonds is 4. The van der Waals surface area contributed by atoms with Crippen molar-refractivity contribution in [2.45, 2.75) is 13.0 Å². The first kappa shape index (κ1) is 12.6. The van der Waals surface area contributed by atoms with Crippen LogP contribution in [0.3, 0.4) is 0 Å². The summed E-state index contributed by atoms with van der Waals surface area (Å²) in [6.45, 7) is 2.62. The SMILES string of the molecule is CCOc1ccccc1C(N)c1sccc1Br. The molecule has 1 atom stereocenters. The summed E-state index contributed by atoms with van der Waals surface area (Å²) < 4.78 is 6.66. The molecule has 0 saturated heterocycles. The molecule has 2 nitrogen and oxygen atoms in total. The van der Waals surface area contributed by atoms with Gasteiger partial charge in [-0.2, -0.15) is 0 Å².